The normalized spacial score (nSPS) is 15.2. The summed E-state index contributed by atoms with van der Waals surface area (Å²) in [6, 6.07) is 17.3. The van der Waals surface area contributed by atoms with Gasteiger partial charge in [-0.05, 0) is 56.5 Å². The van der Waals surface area contributed by atoms with Gasteiger partial charge in [0.1, 0.15) is 5.82 Å². The van der Waals surface area contributed by atoms with Gasteiger partial charge in [-0.25, -0.2) is 9.07 Å². The maximum atomic E-state index is 13.2. The predicted octanol–water partition coefficient (Wildman–Crippen LogP) is 4.45. The van der Waals surface area contributed by atoms with Crippen LogP contribution in [0.2, 0.25) is 0 Å². The first kappa shape index (κ1) is 17.0. The van der Waals surface area contributed by atoms with Crippen molar-refractivity contribution in [2.45, 2.75) is 38.6 Å². The van der Waals surface area contributed by atoms with Gasteiger partial charge in [-0.15, -0.1) is 0 Å². The van der Waals surface area contributed by atoms with Gasteiger partial charge in [-0.2, -0.15) is 5.10 Å². The van der Waals surface area contributed by atoms with Crippen molar-refractivity contribution < 1.29 is 4.39 Å². The number of halogens is 1. The van der Waals surface area contributed by atoms with E-state index in [0.717, 1.165) is 30.2 Å². The molecular weight excluding hydrogens is 325 g/mol. The molecule has 1 aromatic heterocycles. The summed E-state index contributed by atoms with van der Waals surface area (Å²) in [5, 5.41) is 8.30. The second-order valence-corrected chi connectivity index (χ2v) is 7.29. The SMILES string of the molecule is Cc1nn(-c2ccc(F)cc2)c(C)c1CNCC1(c2ccccc2)CC1. The fraction of sp³-hybridized carbons (Fsp3) is 0.318. The number of rotatable bonds is 6. The van der Waals surface area contributed by atoms with Crippen LogP contribution in [0.3, 0.4) is 0 Å². The van der Waals surface area contributed by atoms with Crippen LogP contribution in [0.5, 0.6) is 0 Å². The minimum atomic E-state index is -0.229. The van der Waals surface area contributed by atoms with Gasteiger partial charge in [0.2, 0.25) is 0 Å². The van der Waals surface area contributed by atoms with Gasteiger partial charge < -0.3 is 5.32 Å². The number of nitrogens with zero attached hydrogens (tertiary/aromatic N) is 2. The summed E-state index contributed by atoms with van der Waals surface area (Å²) in [5.74, 6) is -0.229. The van der Waals surface area contributed by atoms with Crippen molar-refractivity contribution in [3.8, 4) is 5.69 Å². The molecule has 3 nitrogen and oxygen atoms in total. The third kappa shape index (κ3) is 3.17. The first-order valence-electron chi connectivity index (χ1n) is 9.16. The third-order valence-corrected chi connectivity index (χ3v) is 5.52. The fourth-order valence-electron chi connectivity index (χ4n) is 3.70. The Morgan fingerprint density at radius 3 is 2.38 bits per heavy atom. The van der Waals surface area contributed by atoms with Crippen LogP contribution in [0.15, 0.2) is 54.6 Å². The van der Waals surface area contributed by atoms with Gasteiger partial charge in [0.25, 0.3) is 0 Å². The molecule has 134 valence electrons. The molecular formula is C22H24FN3. The third-order valence-electron chi connectivity index (χ3n) is 5.52. The average molecular weight is 349 g/mol. The molecule has 1 heterocycles. The van der Waals surface area contributed by atoms with E-state index < -0.39 is 0 Å². The first-order valence-corrected chi connectivity index (χ1v) is 9.16. The summed E-state index contributed by atoms with van der Waals surface area (Å²) in [5.41, 5.74) is 5.97. The van der Waals surface area contributed by atoms with Crippen LogP contribution in [0.1, 0.15) is 35.4 Å². The van der Waals surface area contributed by atoms with E-state index in [2.05, 4.69) is 47.7 Å². The second-order valence-electron chi connectivity index (χ2n) is 7.29. The topological polar surface area (TPSA) is 29.9 Å². The Bertz CT molecular complexity index is 893. The Balaban J connectivity index is 1.47. The summed E-state index contributed by atoms with van der Waals surface area (Å²) >= 11 is 0. The lowest BCUT2D eigenvalue weighted by Crippen LogP contribution is -2.26. The Hall–Kier alpha value is -2.46. The van der Waals surface area contributed by atoms with E-state index in [1.165, 1.54) is 36.1 Å². The molecule has 1 N–H and O–H groups in total. The number of nitrogens with one attached hydrogen (secondary N) is 1. The quantitative estimate of drug-likeness (QED) is 0.712. The second kappa shape index (κ2) is 6.69. The van der Waals surface area contributed by atoms with Gasteiger partial charge in [0.15, 0.2) is 0 Å². The summed E-state index contributed by atoms with van der Waals surface area (Å²) in [6.45, 7) is 5.89. The van der Waals surface area contributed by atoms with E-state index >= 15 is 0 Å². The van der Waals surface area contributed by atoms with Crippen molar-refractivity contribution in [2.24, 2.45) is 0 Å². The molecule has 4 heteroatoms. The van der Waals surface area contributed by atoms with Crippen LogP contribution >= 0.6 is 0 Å². The molecule has 3 aromatic rings. The van der Waals surface area contributed by atoms with Crippen molar-refractivity contribution in [3.05, 3.63) is 82.9 Å². The molecule has 0 atom stereocenters. The number of benzene rings is 2. The number of aryl methyl sites for hydroxylation is 1. The number of aromatic nitrogens is 2. The minimum absolute atomic E-state index is 0.229. The molecule has 0 saturated heterocycles. The van der Waals surface area contributed by atoms with Crippen LogP contribution in [0.25, 0.3) is 5.69 Å². The molecule has 4 rings (SSSR count). The molecule has 1 aliphatic rings. The van der Waals surface area contributed by atoms with Gasteiger partial charge in [-0.3, -0.25) is 0 Å². The highest BCUT2D eigenvalue weighted by Gasteiger charge is 2.43. The van der Waals surface area contributed by atoms with E-state index in [9.17, 15) is 4.39 Å². The van der Waals surface area contributed by atoms with E-state index in [4.69, 9.17) is 0 Å². The number of hydrogen-bond acceptors (Lipinski definition) is 2. The van der Waals surface area contributed by atoms with E-state index in [-0.39, 0.29) is 5.82 Å². The molecule has 0 unspecified atom stereocenters. The Morgan fingerprint density at radius 1 is 1.04 bits per heavy atom. The van der Waals surface area contributed by atoms with Gasteiger partial charge >= 0.3 is 0 Å². The van der Waals surface area contributed by atoms with E-state index in [1.807, 2.05) is 11.6 Å². The smallest absolute Gasteiger partial charge is 0.123 e. The lowest BCUT2D eigenvalue weighted by molar-refractivity contribution is 0.572. The molecule has 0 aliphatic heterocycles. The summed E-state index contributed by atoms with van der Waals surface area (Å²) < 4.78 is 15.1. The first-order chi connectivity index (χ1) is 12.6. The van der Waals surface area contributed by atoms with Crippen molar-refractivity contribution in [1.29, 1.82) is 0 Å². The lowest BCUT2D eigenvalue weighted by atomic mass is 9.96. The van der Waals surface area contributed by atoms with E-state index in [1.54, 1.807) is 12.1 Å². The lowest BCUT2D eigenvalue weighted by Gasteiger charge is -2.16. The van der Waals surface area contributed by atoms with Crippen molar-refractivity contribution >= 4 is 0 Å². The molecule has 1 fully saturated rings. The zero-order chi connectivity index (χ0) is 18.1. The zero-order valence-corrected chi connectivity index (χ0v) is 15.3. The van der Waals surface area contributed by atoms with Crippen molar-refractivity contribution in [3.63, 3.8) is 0 Å². The molecule has 1 saturated carbocycles. The maximum Gasteiger partial charge on any atom is 0.123 e. The van der Waals surface area contributed by atoms with Gasteiger partial charge in [0, 0.05) is 29.8 Å². The minimum Gasteiger partial charge on any atom is -0.312 e. The highest BCUT2D eigenvalue weighted by molar-refractivity contribution is 5.37. The van der Waals surface area contributed by atoms with Crippen LogP contribution in [0, 0.1) is 19.7 Å². The number of hydrogen-bond donors (Lipinski definition) is 1. The highest BCUT2D eigenvalue weighted by atomic mass is 19.1. The van der Waals surface area contributed by atoms with E-state index in [0.29, 0.717) is 5.41 Å². The van der Waals surface area contributed by atoms with Crippen LogP contribution in [-0.2, 0) is 12.0 Å². The Labute approximate surface area is 153 Å². The highest BCUT2D eigenvalue weighted by Crippen LogP contribution is 2.47. The maximum absolute atomic E-state index is 13.2. The van der Waals surface area contributed by atoms with Gasteiger partial charge in [0.05, 0.1) is 11.4 Å². The molecule has 2 aromatic carbocycles. The monoisotopic (exact) mass is 349 g/mol. The van der Waals surface area contributed by atoms with Crippen LogP contribution < -0.4 is 5.32 Å². The van der Waals surface area contributed by atoms with Crippen LogP contribution in [0.4, 0.5) is 4.39 Å². The zero-order valence-electron chi connectivity index (χ0n) is 15.3. The molecule has 0 spiro atoms. The molecule has 1 aliphatic carbocycles. The summed E-state index contributed by atoms with van der Waals surface area (Å²) in [7, 11) is 0. The fourth-order valence-corrected chi connectivity index (χ4v) is 3.70. The average Bonchev–Trinajstić information content (AvgIpc) is 3.40. The molecule has 0 bridgehead atoms. The molecule has 0 radical (unpaired) electrons. The molecule has 26 heavy (non-hydrogen) atoms. The molecule has 0 amide bonds. The largest absolute Gasteiger partial charge is 0.312 e. The summed E-state index contributed by atoms with van der Waals surface area (Å²) in [6.07, 6.45) is 2.49. The standard InChI is InChI=1S/C22H24FN3/c1-16-21(17(2)26(25-16)20-10-8-19(23)9-11-20)14-24-15-22(12-13-22)18-6-4-3-5-7-18/h3-11,24H,12-15H2,1-2H3. The van der Waals surface area contributed by atoms with Crippen LogP contribution in [-0.4, -0.2) is 16.3 Å². The van der Waals surface area contributed by atoms with Gasteiger partial charge in [-0.1, -0.05) is 30.3 Å². The van der Waals surface area contributed by atoms with Crippen molar-refractivity contribution in [2.75, 3.05) is 6.54 Å². The Kier molecular flexibility index (Phi) is 4.37. The Morgan fingerprint density at radius 2 is 1.73 bits per heavy atom. The van der Waals surface area contributed by atoms with Crippen molar-refractivity contribution in [1.82, 2.24) is 15.1 Å². The predicted molar refractivity (Wildman–Crippen MR) is 102 cm³/mol. The summed E-state index contributed by atoms with van der Waals surface area (Å²) in [4.78, 5) is 0.